The molecule has 0 aliphatic carbocycles. The minimum Gasteiger partial charge on any atom is -0.481 e. The van der Waals surface area contributed by atoms with Gasteiger partial charge in [-0.05, 0) is 6.92 Å². The molecule has 1 aromatic rings. The summed E-state index contributed by atoms with van der Waals surface area (Å²) in [6.45, 7) is 1.86. The fourth-order valence-corrected chi connectivity index (χ4v) is 1.62. The summed E-state index contributed by atoms with van der Waals surface area (Å²) < 4.78 is 0. The summed E-state index contributed by atoms with van der Waals surface area (Å²) in [5.74, 6) is -0.881. The van der Waals surface area contributed by atoms with Crippen molar-refractivity contribution in [3.63, 3.8) is 0 Å². The number of hydrogen-bond acceptors (Lipinski definition) is 4. The fourth-order valence-electron chi connectivity index (χ4n) is 0.838. The number of carboxylic acid groups (broad SMARTS) is 1. The van der Waals surface area contributed by atoms with Crippen molar-refractivity contribution in [1.29, 1.82) is 0 Å². The Morgan fingerprint density at radius 2 is 2.58 bits per heavy atom. The van der Waals surface area contributed by atoms with Crippen molar-refractivity contribution in [2.75, 3.05) is 0 Å². The van der Waals surface area contributed by atoms with Gasteiger partial charge in [0.2, 0.25) is 0 Å². The van der Waals surface area contributed by atoms with E-state index in [-0.39, 0.29) is 6.42 Å². The third-order valence-corrected chi connectivity index (χ3v) is 2.44. The maximum absolute atomic E-state index is 10.3. The summed E-state index contributed by atoms with van der Waals surface area (Å²) in [5.41, 5.74) is 5.60. The molecule has 3 N–H and O–H groups in total. The summed E-state index contributed by atoms with van der Waals surface area (Å²) in [6, 6.07) is -0.423. The van der Waals surface area contributed by atoms with E-state index in [4.69, 9.17) is 10.8 Å². The van der Waals surface area contributed by atoms with Crippen LogP contribution in [0.1, 0.15) is 22.3 Å². The molecular weight excluding hydrogens is 176 g/mol. The molecule has 0 radical (unpaired) electrons. The first-order valence-corrected chi connectivity index (χ1v) is 4.31. The Labute approximate surface area is 74.0 Å². The van der Waals surface area contributed by atoms with E-state index in [0.717, 1.165) is 9.88 Å². The molecule has 1 heterocycles. The first-order valence-electron chi connectivity index (χ1n) is 3.49. The number of aromatic nitrogens is 1. The van der Waals surface area contributed by atoms with Gasteiger partial charge in [0.25, 0.3) is 0 Å². The molecule has 12 heavy (non-hydrogen) atoms. The number of aryl methyl sites for hydroxylation is 1. The van der Waals surface area contributed by atoms with E-state index in [0.29, 0.717) is 0 Å². The van der Waals surface area contributed by atoms with Crippen LogP contribution in [0.3, 0.4) is 0 Å². The van der Waals surface area contributed by atoms with E-state index >= 15 is 0 Å². The molecule has 1 atom stereocenters. The van der Waals surface area contributed by atoms with Crippen LogP contribution in [0.4, 0.5) is 0 Å². The molecule has 0 spiro atoms. The zero-order valence-corrected chi connectivity index (χ0v) is 7.47. The molecule has 0 aromatic carbocycles. The largest absolute Gasteiger partial charge is 0.481 e. The minimum atomic E-state index is -0.881. The highest BCUT2D eigenvalue weighted by Gasteiger charge is 2.12. The molecule has 0 unspecified atom stereocenters. The van der Waals surface area contributed by atoms with Crippen LogP contribution in [0.25, 0.3) is 0 Å². The Balaban J connectivity index is 2.64. The Hall–Kier alpha value is -0.940. The second-order valence-corrected chi connectivity index (χ2v) is 3.75. The molecule has 0 saturated carbocycles. The van der Waals surface area contributed by atoms with E-state index < -0.39 is 12.0 Å². The lowest BCUT2D eigenvalue weighted by Crippen LogP contribution is -2.13. The van der Waals surface area contributed by atoms with E-state index in [2.05, 4.69) is 4.98 Å². The van der Waals surface area contributed by atoms with Gasteiger partial charge in [0.05, 0.1) is 17.5 Å². The molecule has 0 bridgehead atoms. The summed E-state index contributed by atoms with van der Waals surface area (Å²) in [6.07, 6.45) is 1.59. The molecule has 66 valence electrons. The second-order valence-electron chi connectivity index (χ2n) is 2.49. The maximum atomic E-state index is 10.3. The second kappa shape index (κ2) is 3.64. The third kappa shape index (κ3) is 2.28. The molecular formula is C7H10N2O2S. The molecule has 0 aliphatic heterocycles. The number of carboxylic acids is 1. The van der Waals surface area contributed by atoms with Gasteiger partial charge in [-0.3, -0.25) is 4.79 Å². The van der Waals surface area contributed by atoms with Crippen LogP contribution >= 0.6 is 11.3 Å². The normalized spacial score (nSPS) is 12.8. The summed E-state index contributed by atoms with van der Waals surface area (Å²) >= 11 is 1.44. The highest BCUT2D eigenvalue weighted by Crippen LogP contribution is 2.20. The highest BCUT2D eigenvalue weighted by molar-refractivity contribution is 7.11. The van der Waals surface area contributed by atoms with Crippen LogP contribution in [-0.2, 0) is 4.79 Å². The molecule has 0 saturated heterocycles. The van der Waals surface area contributed by atoms with Crippen LogP contribution in [0.15, 0.2) is 6.20 Å². The standard InChI is InChI=1S/C7H10N2O2S/c1-4-9-3-6(12-4)5(8)2-7(10)11/h3,5H,2,8H2,1H3,(H,10,11)/t5-/m0/s1. The average Bonchev–Trinajstić information content (AvgIpc) is 2.34. The summed E-state index contributed by atoms with van der Waals surface area (Å²) in [4.78, 5) is 15.1. The zero-order chi connectivity index (χ0) is 9.14. The predicted molar refractivity (Wildman–Crippen MR) is 46.0 cm³/mol. The lowest BCUT2D eigenvalue weighted by molar-refractivity contribution is -0.137. The van der Waals surface area contributed by atoms with Gasteiger partial charge >= 0.3 is 5.97 Å². The summed E-state index contributed by atoms with van der Waals surface area (Å²) in [5, 5.41) is 9.36. The number of rotatable bonds is 3. The average molecular weight is 186 g/mol. The van der Waals surface area contributed by atoms with Gasteiger partial charge in [0.15, 0.2) is 0 Å². The number of aliphatic carboxylic acids is 1. The van der Waals surface area contributed by atoms with Crippen molar-refractivity contribution >= 4 is 17.3 Å². The van der Waals surface area contributed by atoms with Gasteiger partial charge in [-0.2, -0.15) is 0 Å². The minimum absolute atomic E-state index is 0.0400. The van der Waals surface area contributed by atoms with E-state index in [9.17, 15) is 4.79 Å². The van der Waals surface area contributed by atoms with Crippen molar-refractivity contribution in [2.45, 2.75) is 19.4 Å². The first-order chi connectivity index (χ1) is 5.59. The van der Waals surface area contributed by atoms with Crippen molar-refractivity contribution in [3.05, 3.63) is 16.1 Å². The Morgan fingerprint density at radius 1 is 1.92 bits per heavy atom. The lowest BCUT2D eigenvalue weighted by atomic mass is 10.2. The van der Waals surface area contributed by atoms with E-state index in [1.165, 1.54) is 11.3 Å². The fraction of sp³-hybridized carbons (Fsp3) is 0.429. The zero-order valence-electron chi connectivity index (χ0n) is 6.65. The van der Waals surface area contributed by atoms with Crippen molar-refractivity contribution < 1.29 is 9.90 Å². The molecule has 4 nitrogen and oxygen atoms in total. The SMILES string of the molecule is Cc1ncc([C@@H](N)CC(=O)O)s1. The lowest BCUT2D eigenvalue weighted by Gasteiger charge is -2.03. The van der Waals surface area contributed by atoms with Gasteiger partial charge in [0, 0.05) is 11.1 Å². The van der Waals surface area contributed by atoms with E-state index in [1.807, 2.05) is 6.92 Å². The van der Waals surface area contributed by atoms with E-state index in [1.54, 1.807) is 6.20 Å². The monoisotopic (exact) mass is 186 g/mol. The van der Waals surface area contributed by atoms with Crippen molar-refractivity contribution in [1.82, 2.24) is 4.98 Å². The first kappa shape index (κ1) is 9.15. The molecule has 1 aromatic heterocycles. The van der Waals surface area contributed by atoms with Crippen LogP contribution in [0.2, 0.25) is 0 Å². The molecule has 0 fully saturated rings. The van der Waals surface area contributed by atoms with Gasteiger partial charge in [-0.1, -0.05) is 0 Å². The topological polar surface area (TPSA) is 76.2 Å². The van der Waals surface area contributed by atoms with Gasteiger partial charge in [-0.15, -0.1) is 11.3 Å². The Bertz CT molecular complexity index is 285. The van der Waals surface area contributed by atoms with Crippen LogP contribution < -0.4 is 5.73 Å². The number of hydrogen-bond donors (Lipinski definition) is 2. The summed E-state index contributed by atoms with van der Waals surface area (Å²) in [7, 11) is 0. The van der Waals surface area contributed by atoms with Crippen LogP contribution in [0.5, 0.6) is 0 Å². The quantitative estimate of drug-likeness (QED) is 0.736. The molecule has 0 amide bonds. The third-order valence-electron chi connectivity index (χ3n) is 1.40. The number of thiazole rings is 1. The van der Waals surface area contributed by atoms with Crippen molar-refractivity contribution in [2.24, 2.45) is 5.73 Å². The number of carbonyl (C=O) groups is 1. The van der Waals surface area contributed by atoms with Crippen molar-refractivity contribution in [3.8, 4) is 0 Å². The van der Waals surface area contributed by atoms with Gasteiger partial charge in [-0.25, -0.2) is 4.98 Å². The van der Waals surface area contributed by atoms with Crippen LogP contribution in [-0.4, -0.2) is 16.1 Å². The molecule has 1 rings (SSSR count). The molecule has 5 heteroatoms. The smallest absolute Gasteiger partial charge is 0.305 e. The predicted octanol–water partition coefficient (Wildman–Crippen LogP) is 0.926. The van der Waals surface area contributed by atoms with Gasteiger partial charge in [0.1, 0.15) is 0 Å². The number of nitrogens with two attached hydrogens (primary N) is 1. The number of nitrogens with zero attached hydrogens (tertiary/aromatic N) is 1. The molecule has 0 aliphatic rings. The Kier molecular flexibility index (Phi) is 2.78. The maximum Gasteiger partial charge on any atom is 0.305 e. The highest BCUT2D eigenvalue weighted by atomic mass is 32.1. The van der Waals surface area contributed by atoms with Crippen LogP contribution in [0, 0.1) is 6.92 Å². The Morgan fingerprint density at radius 3 is 3.00 bits per heavy atom. The van der Waals surface area contributed by atoms with Gasteiger partial charge < -0.3 is 10.8 Å².